The predicted molar refractivity (Wildman–Crippen MR) is 79.9 cm³/mol. The molecule has 0 N–H and O–H groups in total. The summed E-state index contributed by atoms with van der Waals surface area (Å²) in [6, 6.07) is 8.74. The highest BCUT2D eigenvalue weighted by molar-refractivity contribution is 6.67. The minimum absolute atomic E-state index is 0.0445. The molecule has 0 aromatic heterocycles. The summed E-state index contributed by atoms with van der Waals surface area (Å²) in [6.07, 6.45) is 6.65. The van der Waals surface area contributed by atoms with Crippen molar-refractivity contribution in [3.05, 3.63) is 35.9 Å². The number of halogens is 1. The molecule has 3 nitrogen and oxygen atoms in total. The van der Waals surface area contributed by atoms with E-state index in [2.05, 4.69) is 0 Å². The SMILES string of the molecule is CCC(=O)OC1CCCCC1.O=C(Cl)c1ccccc1. The van der Waals surface area contributed by atoms with Crippen LogP contribution in [-0.2, 0) is 9.53 Å². The molecule has 1 fully saturated rings. The number of carbonyl (C=O) groups is 2. The van der Waals surface area contributed by atoms with E-state index in [-0.39, 0.29) is 12.1 Å². The van der Waals surface area contributed by atoms with Crippen molar-refractivity contribution >= 4 is 22.8 Å². The molecule has 0 spiro atoms. The van der Waals surface area contributed by atoms with Crippen molar-refractivity contribution in [2.24, 2.45) is 0 Å². The van der Waals surface area contributed by atoms with E-state index in [9.17, 15) is 9.59 Å². The van der Waals surface area contributed by atoms with Gasteiger partial charge in [0.2, 0.25) is 0 Å². The van der Waals surface area contributed by atoms with Crippen LogP contribution in [-0.4, -0.2) is 17.3 Å². The first-order chi connectivity index (χ1) is 9.63. The Morgan fingerprint density at radius 3 is 2.20 bits per heavy atom. The zero-order chi connectivity index (χ0) is 14.8. The van der Waals surface area contributed by atoms with Crippen molar-refractivity contribution in [3.8, 4) is 0 Å². The molecule has 20 heavy (non-hydrogen) atoms. The van der Waals surface area contributed by atoms with Crippen LogP contribution in [0.3, 0.4) is 0 Å². The molecule has 0 heterocycles. The van der Waals surface area contributed by atoms with Gasteiger partial charge in [-0.1, -0.05) is 43.7 Å². The van der Waals surface area contributed by atoms with Gasteiger partial charge >= 0.3 is 5.97 Å². The van der Waals surface area contributed by atoms with E-state index in [1.807, 2.05) is 13.0 Å². The maximum absolute atomic E-state index is 10.9. The van der Waals surface area contributed by atoms with Crippen LogP contribution < -0.4 is 0 Å². The molecular formula is C16H21ClO3. The van der Waals surface area contributed by atoms with Crippen molar-refractivity contribution in [1.82, 2.24) is 0 Å². The lowest BCUT2D eigenvalue weighted by Gasteiger charge is -2.21. The number of benzene rings is 1. The summed E-state index contributed by atoms with van der Waals surface area (Å²) >= 11 is 5.16. The van der Waals surface area contributed by atoms with Gasteiger partial charge in [0, 0.05) is 12.0 Å². The van der Waals surface area contributed by atoms with E-state index in [1.54, 1.807) is 24.3 Å². The van der Waals surface area contributed by atoms with E-state index >= 15 is 0 Å². The lowest BCUT2D eigenvalue weighted by atomic mass is 9.98. The fourth-order valence-electron chi connectivity index (χ4n) is 2.02. The lowest BCUT2D eigenvalue weighted by molar-refractivity contribution is -0.150. The van der Waals surface area contributed by atoms with Crippen molar-refractivity contribution in [3.63, 3.8) is 0 Å². The maximum Gasteiger partial charge on any atom is 0.305 e. The molecule has 1 aromatic rings. The van der Waals surface area contributed by atoms with Crippen LogP contribution in [0.5, 0.6) is 0 Å². The molecule has 0 saturated heterocycles. The van der Waals surface area contributed by atoms with Gasteiger partial charge in [-0.3, -0.25) is 9.59 Å². The zero-order valence-electron chi connectivity index (χ0n) is 11.8. The Balaban J connectivity index is 0.000000204. The summed E-state index contributed by atoms with van der Waals surface area (Å²) < 4.78 is 5.20. The molecule has 4 heteroatoms. The van der Waals surface area contributed by atoms with Gasteiger partial charge in [-0.2, -0.15) is 0 Å². The Morgan fingerprint density at radius 1 is 1.15 bits per heavy atom. The second-order valence-corrected chi connectivity index (χ2v) is 5.09. The molecule has 1 aliphatic carbocycles. The van der Waals surface area contributed by atoms with E-state index in [1.165, 1.54) is 19.3 Å². The first-order valence-electron chi connectivity index (χ1n) is 7.07. The number of esters is 1. The third-order valence-corrected chi connectivity index (χ3v) is 3.36. The minimum Gasteiger partial charge on any atom is -0.462 e. The van der Waals surface area contributed by atoms with Gasteiger partial charge in [-0.15, -0.1) is 0 Å². The Morgan fingerprint density at radius 2 is 1.75 bits per heavy atom. The van der Waals surface area contributed by atoms with Crippen molar-refractivity contribution in [1.29, 1.82) is 0 Å². The molecule has 110 valence electrons. The van der Waals surface area contributed by atoms with E-state index in [4.69, 9.17) is 16.3 Å². The first kappa shape index (κ1) is 16.7. The summed E-state index contributed by atoms with van der Waals surface area (Å²) in [5, 5.41) is -0.407. The van der Waals surface area contributed by atoms with E-state index in [0.29, 0.717) is 12.0 Å². The molecule has 1 aromatic carbocycles. The highest BCUT2D eigenvalue weighted by Gasteiger charge is 2.16. The summed E-state index contributed by atoms with van der Waals surface area (Å²) in [5.41, 5.74) is 0.541. The van der Waals surface area contributed by atoms with Crippen LogP contribution in [0, 0.1) is 0 Å². The molecule has 0 bridgehead atoms. The molecule has 1 saturated carbocycles. The van der Waals surface area contributed by atoms with Crippen LogP contribution in [0.4, 0.5) is 0 Å². The third-order valence-electron chi connectivity index (χ3n) is 3.14. The van der Waals surface area contributed by atoms with Gasteiger partial charge in [-0.25, -0.2) is 0 Å². The smallest absolute Gasteiger partial charge is 0.305 e. The van der Waals surface area contributed by atoms with Crippen molar-refractivity contribution in [2.45, 2.75) is 51.6 Å². The summed E-state index contributed by atoms with van der Waals surface area (Å²) in [5.74, 6) is -0.0445. The number of carbonyl (C=O) groups excluding carboxylic acids is 2. The molecule has 0 aliphatic heterocycles. The highest BCUT2D eigenvalue weighted by Crippen LogP contribution is 2.20. The Labute approximate surface area is 125 Å². The fourth-order valence-corrected chi connectivity index (χ4v) is 2.15. The van der Waals surface area contributed by atoms with Crippen LogP contribution in [0.15, 0.2) is 30.3 Å². The second kappa shape index (κ2) is 9.54. The normalized spacial score (nSPS) is 14.9. The maximum atomic E-state index is 10.9. The van der Waals surface area contributed by atoms with Crippen molar-refractivity contribution < 1.29 is 14.3 Å². The van der Waals surface area contributed by atoms with Gasteiger partial charge in [0.15, 0.2) is 0 Å². The summed E-state index contributed by atoms with van der Waals surface area (Å²) in [4.78, 5) is 21.3. The van der Waals surface area contributed by atoms with Gasteiger partial charge in [0.05, 0.1) is 0 Å². The quantitative estimate of drug-likeness (QED) is 0.615. The fraction of sp³-hybridized carbons (Fsp3) is 0.500. The van der Waals surface area contributed by atoms with Gasteiger partial charge < -0.3 is 4.74 Å². The largest absolute Gasteiger partial charge is 0.462 e. The van der Waals surface area contributed by atoms with Crippen LogP contribution in [0.1, 0.15) is 55.8 Å². The standard InChI is InChI=1S/C9H16O2.C7H5ClO/c1-2-9(10)11-8-6-4-3-5-7-8;8-7(9)6-4-2-1-3-5-6/h8H,2-7H2,1H3;1-5H. The molecule has 0 atom stereocenters. The number of ether oxygens (including phenoxy) is 1. The Bertz CT molecular complexity index is 411. The monoisotopic (exact) mass is 296 g/mol. The molecule has 0 amide bonds. The van der Waals surface area contributed by atoms with Crippen LogP contribution in [0.25, 0.3) is 0 Å². The topological polar surface area (TPSA) is 43.4 Å². The second-order valence-electron chi connectivity index (χ2n) is 4.74. The Hall–Kier alpha value is -1.35. The van der Waals surface area contributed by atoms with Crippen molar-refractivity contribution in [2.75, 3.05) is 0 Å². The summed E-state index contributed by atoms with van der Waals surface area (Å²) in [6.45, 7) is 1.84. The average molecular weight is 297 g/mol. The minimum atomic E-state index is -0.407. The van der Waals surface area contributed by atoms with Crippen LogP contribution in [0.2, 0.25) is 0 Å². The molecule has 0 radical (unpaired) electrons. The lowest BCUT2D eigenvalue weighted by Crippen LogP contribution is -2.20. The van der Waals surface area contributed by atoms with Gasteiger partial charge in [0.1, 0.15) is 6.10 Å². The molecular weight excluding hydrogens is 276 g/mol. The summed E-state index contributed by atoms with van der Waals surface area (Å²) in [7, 11) is 0. The van der Waals surface area contributed by atoms with Gasteiger partial charge in [0.25, 0.3) is 5.24 Å². The van der Waals surface area contributed by atoms with E-state index in [0.717, 1.165) is 12.8 Å². The molecule has 0 unspecified atom stereocenters. The molecule has 1 aliphatic rings. The van der Waals surface area contributed by atoms with Gasteiger partial charge in [-0.05, 0) is 37.3 Å². The third kappa shape index (κ3) is 6.71. The Kier molecular flexibility index (Phi) is 7.97. The molecule has 2 rings (SSSR count). The van der Waals surface area contributed by atoms with Crippen LogP contribution >= 0.6 is 11.6 Å². The predicted octanol–water partition coefficient (Wildman–Crippen LogP) is 4.34. The highest BCUT2D eigenvalue weighted by atomic mass is 35.5. The number of rotatable bonds is 3. The first-order valence-corrected chi connectivity index (χ1v) is 7.45. The average Bonchev–Trinajstić information content (AvgIpc) is 2.49. The number of hydrogen-bond acceptors (Lipinski definition) is 3. The van der Waals surface area contributed by atoms with E-state index < -0.39 is 5.24 Å². The zero-order valence-corrected chi connectivity index (χ0v) is 12.6. The number of hydrogen-bond donors (Lipinski definition) is 0.